The van der Waals surface area contributed by atoms with Crippen LogP contribution in [0.25, 0.3) is 21.9 Å². The van der Waals surface area contributed by atoms with Crippen molar-refractivity contribution < 1.29 is 14.3 Å². The summed E-state index contributed by atoms with van der Waals surface area (Å²) in [5.74, 6) is -1.02. The minimum atomic E-state index is -0.572. The number of hydrogen-bond donors (Lipinski definition) is 1. The van der Waals surface area contributed by atoms with Gasteiger partial charge in [0.15, 0.2) is 6.61 Å². The summed E-state index contributed by atoms with van der Waals surface area (Å²) in [5, 5.41) is 3.59. The number of nitrogens with one attached hydrogen (secondary N) is 1. The summed E-state index contributed by atoms with van der Waals surface area (Å²) in [6, 6.07) is 12.9. The van der Waals surface area contributed by atoms with Crippen LogP contribution in [0.5, 0.6) is 0 Å². The largest absolute Gasteiger partial charge is 0.452 e. The fourth-order valence-corrected chi connectivity index (χ4v) is 3.68. The Morgan fingerprint density at radius 3 is 2.68 bits per heavy atom. The predicted octanol–water partition coefficient (Wildman–Crippen LogP) is 3.65. The van der Waals surface area contributed by atoms with Gasteiger partial charge < -0.3 is 10.1 Å². The lowest BCUT2D eigenvalue weighted by molar-refractivity contribution is -0.119. The van der Waals surface area contributed by atoms with Crippen LogP contribution in [0, 0.1) is 13.8 Å². The number of carbonyl (C=O) groups is 2. The van der Waals surface area contributed by atoms with Crippen LogP contribution >= 0.6 is 11.7 Å². The minimum absolute atomic E-state index is 0.386. The second-order valence-corrected chi connectivity index (χ2v) is 6.80. The number of pyridine rings is 1. The van der Waals surface area contributed by atoms with Crippen LogP contribution in [-0.2, 0) is 9.53 Å². The number of aromatic nitrogens is 3. The molecule has 2 heterocycles. The Morgan fingerprint density at radius 2 is 1.82 bits per heavy atom. The van der Waals surface area contributed by atoms with Crippen molar-refractivity contribution in [3.8, 4) is 0 Å². The topological polar surface area (TPSA) is 94.1 Å². The van der Waals surface area contributed by atoms with E-state index in [0.29, 0.717) is 28.0 Å². The summed E-state index contributed by atoms with van der Waals surface area (Å²) in [6.45, 7) is 3.20. The number of hydrogen-bond acceptors (Lipinski definition) is 7. The fraction of sp³-hybridized carbons (Fsp3) is 0.150. The van der Waals surface area contributed by atoms with Crippen LogP contribution in [0.3, 0.4) is 0 Å². The number of ether oxygens (including phenoxy) is 1. The summed E-state index contributed by atoms with van der Waals surface area (Å²) in [4.78, 5) is 29.3. The lowest BCUT2D eigenvalue weighted by atomic mass is 10.0. The Balaban J connectivity index is 1.49. The van der Waals surface area contributed by atoms with Crippen molar-refractivity contribution in [2.24, 2.45) is 0 Å². The third kappa shape index (κ3) is 3.29. The molecule has 0 saturated heterocycles. The number of para-hydroxylation sites is 1. The molecule has 4 aromatic rings. The highest BCUT2D eigenvalue weighted by Crippen LogP contribution is 2.23. The number of benzene rings is 2. The molecule has 28 heavy (non-hydrogen) atoms. The summed E-state index contributed by atoms with van der Waals surface area (Å²) >= 11 is 1.07. The molecule has 0 fully saturated rings. The van der Waals surface area contributed by atoms with Crippen LogP contribution in [0.4, 0.5) is 5.69 Å². The fourth-order valence-electron chi connectivity index (χ4n) is 3.13. The number of nitrogens with zero attached hydrogens (tertiary/aromatic N) is 3. The van der Waals surface area contributed by atoms with Gasteiger partial charge in [-0.1, -0.05) is 24.3 Å². The number of rotatable bonds is 4. The van der Waals surface area contributed by atoms with E-state index >= 15 is 0 Å². The second kappa shape index (κ2) is 7.32. The van der Waals surface area contributed by atoms with Gasteiger partial charge in [-0.25, -0.2) is 4.79 Å². The molecule has 0 aliphatic heterocycles. The second-order valence-electron chi connectivity index (χ2n) is 6.28. The van der Waals surface area contributed by atoms with Crippen LogP contribution in [0.1, 0.15) is 21.6 Å². The standard InChI is InChI=1S/C20H16N4O3S/c1-11-13-6-3-4-7-14(13)21-12(2)18(11)20(26)27-10-17(25)22-15-8-5-9-16-19(15)24-28-23-16/h3-9H,10H2,1-2H3,(H,22,25). The maximum Gasteiger partial charge on any atom is 0.340 e. The average Bonchev–Trinajstić information content (AvgIpc) is 3.16. The van der Waals surface area contributed by atoms with Crippen molar-refractivity contribution in [3.63, 3.8) is 0 Å². The van der Waals surface area contributed by atoms with Gasteiger partial charge in [0, 0.05) is 5.39 Å². The maximum atomic E-state index is 12.6. The molecule has 0 spiro atoms. The molecule has 1 amide bonds. The quantitative estimate of drug-likeness (QED) is 0.533. The van der Waals surface area contributed by atoms with Gasteiger partial charge in [-0.15, -0.1) is 0 Å². The number of aryl methyl sites for hydroxylation is 2. The summed E-state index contributed by atoms with van der Waals surface area (Å²) in [7, 11) is 0. The Kier molecular flexibility index (Phi) is 4.70. The van der Waals surface area contributed by atoms with Crippen molar-refractivity contribution >= 4 is 51.2 Å². The lowest BCUT2D eigenvalue weighted by Gasteiger charge is -2.12. The first-order valence-electron chi connectivity index (χ1n) is 8.59. The zero-order valence-electron chi connectivity index (χ0n) is 15.2. The number of anilines is 1. The molecule has 8 heteroatoms. The minimum Gasteiger partial charge on any atom is -0.452 e. The molecular formula is C20H16N4O3S. The van der Waals surface area contributed by atoms with E-state index in [1.165, 1.54) is 0 Å². The number of carbonyl (C=O) groups excluding carboxylic acids is 2. The molecule has 0 unspecified atom stereocenters. The summed E-state index contributed by atoms with van der Waals surface area (Å²) in [6.07, 6.45) is 0. The molecule has 7 nitrogen and oxygen atoms in total. The Morgan fingerprint density at radius 1 is 1.04 bits per heavy atom. The summed E-state index contributed by atoms with van der Waals surface area (Å²) in [5.41, 5.74) is 4.40. The van der Waals surface area contributed by atoms with E-state index in [1.807, 2.05) is 37.3 Å². The molecule has 2 aromatic heterocycles. The smallest absolute Gasteiger partial charge is 0.340 e. The van der Waals surface area contributed by atoms with Crippen molar-refractivity contribution in [2.75, 3.05) is 11.9 Å². The van der Waals surface area contributed by atoms with Gasteiger partial charge in [-0.2, -0.15) is 8.75 Å². The molecule has 0 aliphatic carbocycles. The molecule has 4 rings (SSSR count). The van der Waals surface area contributed by atoms with E-state index in [-0.39, 0.29) is 0 Å². The van der Waals surface area contributed by atoms with Crippen LogP contribution in [0.2, 0.25) is 0 Å². The van der Waals surface area contributed by atoms with Gasteiger partial charge in [0.1, 0.15) is 11.0 Å². The average molecular weight is 392 g/mol. The third-order valence-corrected chi connectivity index (χ3v) is 4.97. The first-order valence-corrected chi connectivity index (χ1v) is 9.32. The molecule has 0 aliphatic rings. The zero-order chi connectivity index (χ0) is 19.7. The predicted molar refractivity (Wildman–Crippen MR) is 108 cm³/mol. The van der Waals surface area contributed by atoms with Crippen LogP contribution in [0.15, 0.2) is 42.5 Å². The Labute approximate surface area is 164 Å². The van der Waals surface area contributed by atoms with E-state index in [1.54, 1.807) is 19.1 Å². The third-order valence-electron chi connectivity index (χ3n) is 4.43. The summed E-state index contributed by atoms with van der Waals surface area (Å²) < 4.78 is 13.5. The molecule has 0 saturated carbocycles. The molecule has 0 bridgehead atoms. The van der Waals surface area contributed by atoms with E-state index in [2.05, 4.69) is 19.0 Å². The van der Waals surface area contributed by atoms with Crippen molar-refractivity contribution in [2.45, 2.75) is 13.8 Å². The van der Waals surface area contributed by atoms with E-state index in [0.717, 1.165) is 28.2 Å². The van der Waals surface area contributed by atoms with Gasteiger partial charge in [0.2, 0.25) is 0 Å². The van der Waals surface area contributed by atoms with Crippen molar-refractivity contribution in [3.05, 3.63) is 59.3 Å². The first kappa shape index (κ1) is 18.0. The van der Waals surface area contributed by atoms with Gasteiger partial charge in [-0.3, -0.25) is 9.78 Å². The highest BCUT2D eigenvalue weighted by molar-refractivity contribution is 7.00. The molecular weight excluding hydrogens is 376 g/mol. The van der Waals surface area contributed by atoms with Crippen molar-refractivity contribution in [1.29, 1.82) is 0 Å². The van der Waals surface area contributed by atoms with Crippen LogP contribution in [-0.4, -0.2) is 32.2 Å². The van der Waals surface area contributed by atoms with Crippen molar-refractivity contribution in [1.82, 2.24) is 13.7 Å². The molecule has 1 N–H and O–H groups in total. The van der Waals surface area contributed by atoms with E-state index in [4.69, 9.17) is 4.74 Å². The molecule has 0 radical (unpaired) electrons. The molecule has 140 valence electrons. The Bertz CT molecular complexity index is 1220. The van der Waals surface area contributed by atoms with Gasteiger partial charge >= 0.3 is 5.97 Å². The van der Waals surface area contributed by atoms with Crippen LogP contribution < -0.4 is 5.32 Å². The van der Waals surface area contributed by atoms with Gasteiger partial charge in [0.25, 0.3) is 5.91 Å². The Hall–Kier alpha value is -3.39. The first-order chi connectivity index (χ1) is 13.5. The molecule has 2 aromatic carbocycles. The van der Waals surface area contributed by atoms with Gasteiger partial charge in [0.05, 0.1) is 34.2 Å². The maximum absolute atomic E-state index is 12.6. The SMILES string of the molecule is Cc1nc2ccccc2c(C)c1C(=O)OCC(=O)Nc1cccc2nsnc12. The van der Waals surface area contributed by atoms with E-state index < -0.39 is 18.5 Å². The van der Waals surface area contributed by atoms with E-state index in [9.17, 15) is 9.59 Å². The number of amides is 1. The number of esters is 1. The van der Waals surface area contributed by atoms with Gasteiger partial charge in [-0.05, 0) is 37.6 Å². The molecule has 0 atom stereocenters. The highest BCUT2D eigenvalue weighted by atomic mass is 32.1. The zero-order valence-corrected chi connectivity index (χ0v) is 16.0. The lowest BCUT2D eigenvalue weighted by Crippen LogP contribution is -2.22. The monoisotopic (exact) mass is 392 g/mol. The normalized spacial score (nSPS) is 10.9. The highest BCUT2D eigenvalue weighted by Gasteiger charge is 2.19. The number of fused-ring (bicyclic) bond motifs is 2.